The van der Waals surface area contributed by atoms with Gasteiger partial charge in [0.15, 0.2) is 5.78 Å². The summed E-state index contributed by atoms with van der Waals surface area (Å²) >= 11 is 0. The number of hydrogen-bond acceptors (Lipinski definition) is 3. The molecular formula is C26H34O3. The number of carbonyl (C=O) groups excluding carboxylic acids is 1. The van der Waals surface area contributed by atoms with Crippen LogP contribution in [-0.2, 0) is 19.3 Å². The molecule has 0 fully saturated rings. The van der Waals surface area contributed by atoms with E-state index in [-0.39, 0.29) is 5.78 Å². The van der Waals surface area contributed by atoms with Gasteiger partial charge in [0.1, 0.15) is 11.5 Å². The van der Waals surface area contributed by atoms with Crippen molar-refractivity contribution < 1.29 is 14.3 Å². The molecule has 0 saturated heterocycles. The molecule has 1 aliphatic rings. The van der Waals surface area contributed by atoms with Crippen LogP contribution >= 0.6 is 0 Å². The minimum atomic E-state index is 0.282. The number of ether oxygens (including phenoxy) is 2. The average molecular weight is 395 g/mol. The first-order chi connectivity index (χ1) is 14.2. The summed E-state index contributed by atoms with van der Waals surface area (Å²) < 4.78 is 12.1. The summed E-state index contributed by atoms with van der Waals surface area (Å²) in [4.78, 5) is 12.0. The van der Waals surface area contributed by atoms with Crippen LogP contribution in [0.3, 0.4) is 0 Å². The van der Waals surface area contributed by atoms with E-state index < -0.39 is 0 Å². The van der Waals surface area contributed by atoms with E-state index in [2.05, 4.69) is 32.0 Å². The highest BCUT2D eigenvalue weighted by Gasteiger charge is 2.24. The third-order valence-corrected chi connectivity index (χ3v) is 5.59. The van der Waals surface area contributed by atoms with Crippen molar-refractivity contribution in [3.05, 3.63) is 58.7 Å². The van der Waals surface area contributed by atoms with E-state index in [0.717, 1.165) is 81.6 Å². The van der Waals surface area contributed by atoms with E-state index in [9.17, 15) is 4.79 Å². The van der Waals surface area contributed by atoms with Gasteiger partial charge in [-0.3, -0.25) is 4.79 Å². The van der Waals surface area contributed by atoms with Crippen molar-refractivity contribution in [3.63, 3.8) is 0 Å². The molecule has 0 amide bonds. The summed E-state index contributed by atoms with van der Waals surface area (Å²) in [6.07, 6.45) is 8.91. The fourth-order valence-electron chi connectivity index (χ4n) is 4.12. The predicted molar refractivity (Wildman–Crippen MR) is 118 cm³/mol. The Labute approximate surface area is 175 Å². The quantitative estimate of drug-likeness (QED) is 0.394. The fourth-order valence-corrected chi connectivity index (χ4v) is 4.12. The summed E-state index contributed by atoms with van der Waals surface area (Å²) in [5.41, 5.74) is 4.71. The Morgan fingerprint density at radius 1 is 0.793 bits per heavy atom. The van der Waals surface area contributed by atoms with Crippen molar-refractivity contribution in [2.45, 2.75) is 71.6 Å². The minimum Gasteiger partial charge on any atom is -0.493 e. The zero-order chi connectivity index (χ0) is 20.5. The highest BCUT2D eigenvalue weighted by atomic mass is 16.5. The van der Waals surface area contributed by atoms with Crippen molar-refractivity contribution in [2.24, 2.45) is 0 Å². The van der Waals surface area contributed by atoms with Crippen LogP contribution in [0.25, 0.3) is 0 Å². The molecule has 3 rings (SSSR count). The second kappa shape index (κ2) is 11.0. The zero-order valence-electron chi connectivity index (χ0n) is 18.0. The van der Waals surface area contributed by atoms with Gasteiger partial charge < -0.3 is 9.47 Å². The Morgan fingerprint density at radius 2 is 1.52 bits per heavy atom. The number of rotatable bonds is 12. The molecule has 0 spiro atoms. The SMILES string of the molecule is CCCc1ccccc1OCCCCCOc1ccc2c(c1CCC)CCC2=O. The molecule has 0 radical (unpaired) electrons. The van der Waals surface area contributed by atoms with Crippen LogP contribution < -0.4 is 9.47 Å². The number of unbranched alkanes of at least 4 members (excludes halogenated alkanes) is 2. The average Bonchev–Trinajstić information content (AvgIpc) is 3.11. The molecule has 3 nitrogen and oxygen atoms in total. The topological polar surface area (TPSA) is 35.5 Å². The van der Waals surface area contributed by atoms with E-state index in [1.54, 1.807) is 0 Å². The zero-order valence-corrected chi connectivity index (χ0v) is 18.0. The van der Waals surface area contributed by atoms with Gasteiger partial charge in [-0.1, -0.05) is 44.9 Å². The maximum Gasteiger partial charge on any atom is 0.163 e. The van der Waals surface area contributed by atoms with Crippen LogP contribution in [0.2, 0.25) is 0 Å². The molecule has 1 aliphatic carbocycles. The van der Waals surface area contributed by atoms with Gasteiger partial charge in [0, 0.05) is 12.0 Å². The first-order valence-corrected chi connectivity index (χ1v) is 11.3. The number of carbonyl (C=O) groups is 1. The molecule has 0 aromatic heterocycles. The molecule has 2 aromatic carbocycles. The molecule has 0 aliphatic heterocycles. The summed E-state index contributed by atoms with van der Waals surface area (Å²) in [5, 5.41) is 0. The smallest absolute Gasteiger partial charge is 0.163 e. The normalized spacial score (nSPS) is 12.8. The van der Waals surface area contributed by atoms with Gasteiger partial charge in [0.05, 0.1) is 13.2 Å². The molecule has 3 heteroatoms. The third-order valence-electron chi connectivity index (χ3n) is 5.59. The van der Waals surface area contributed by atoms with E-state index in [4.69, 9.17) is 9.47 Å². The molecular weight excluding hydrogens is 360 g/mol. The van der Waals surface area contributed by atoms with E-state index >= 15 is 0 Å². The van der Waals surface area contributed by atoms with E-state index in [0.29, 0.717) is 6.42 Å². The maximum atomic E-state index is 12.0. The molecule has 0 heterocycles. The van der Waals surface area contributed by atoms with Gasteiger partial charge in [-0.05, 0) is 73.4 Å². The molecule has 0 saturated carbocycles. The van der Waals surface area contributed by atoms with Crippen molar-refractivity contribution in [3.8, 4) is 11.5 Å². The van der Waals surface area contributed by atoms with E-state index in [1.165, 1.54) is 16.7 Å². The standard InChI is InChI=1S/C26H34O3/c1-3-10-20-12-6-7-13-25(20)28-18-8-5-9-19-29-26-17-15-22-21(14-16-24(22)27)23(26)11-4-2/h6-7,12-13,15,17H,3-5,8-11,14,16,18-19H2,1-2H3. The summed E-state index contributed by atoms with van der Waals surface area (Å²) in [6, 6.07) is 12.3. The van der Waals surface area contributed by atoms with Gasteiger partial charge in [-0.25, -0.2) is 0 Å². The van der Waals surface area contributed by atoms with Crippen molar-refractivity contribution in [1.82, 2.24) is 0 Å². The Morgan fingerprint density at radius 3 is 2.28 bits per heavy atom. The predicted octanol–water partition coefficient (Wildman–Crippen LogP) is 6.35. The third kappa shape index (κ3) is 5.62. The summed E-state index contributed by atoms with van der Waals surface area (Å²) in [7, 11) is 0. The van der Waals surface area contributed by atoms with Crippen molar-refractivity contribution in [1.29, 1.82) is 0 Å². The molecule has 29 heavy (non-hydrogen) atoms. The molecule has 0 bridgehead atoms. The number of para-hydroxylation sites is 1. The number of Topliss-reactive ketones (excluding diaryl/α,β-unsaturated/α-hetero) is 1. The van der Waals surface area contributed by atoms with E-state index in [1.807, 2.05) is 18.2 Å². The second-order valence-corrected chi connectivity index (χ2v) is 7.86. The number of benzene rings is 2. The summed E-state index contributed by atoms with van der Waals surface area (Å²) in [5.74, 6) is 2.29. The molecule has 2 aromatic rings. The van der Waals surface area contributed by atoms with Gasteiger partial charge in [0.2, 0.25) is 0 Å². The van der Waals surface area contributed by atoms with Crippen LogP contribution in [-0.4, -0.2) is 19.0 Å². The fraction of sp³-hybridized carbons (Fsp3) is 0.500. The number of hydrogen-bond donors (Lipinski definition) is 0. The first-order valence-electron chi connectivity index (χ1n) is 11.3. The first kappa shape index (κ1) is 21.4. The highest BCUT2D eigenvalue weighted by molar-refractivity contribution is 6.01. The summed E-state index contributed by atoms with van der Waals surface area (Å²) in [6.45, 7) is 5.85. The van der Waals surface area contributed by atoms with Gasteiger partial charge >= 0.3 is 0 Å². The molecule has 0 atom stereocenters. The van der Waals surface area contributed by atoms with Gasteiger partial charge in [0.25, 0.3) is 0 Å². The Balaban J connectivity index is 1.42. The molecule has 0 N–H and O–H groups in total. The number of fused-ring (bicyclic) bond motifs is 1. The van der Waals surface area contributed by atoms with Gasteiger partial charge in [-0.15, -0.1) is 0 Å². The highest BCUT2D eigenvalue weighted by Crippen LogP contribution is 2.33. The lowest BCUT2D eigenvalue weighted by atomic mass is 9.98. The van der Waals surface area contributed by atoms with Gasteiger partial charge in [-0.2, -0.15) is 0 Å². The maximum absolute atomic E-state index is 12.0. The number of ketones is 1. The van der Waals surface area contributed by atoms with Crippen LogP contribution in [0.5, 0.6) is 11.5 Å². The van der Waals surface area contributed by atoms with Crippen molar-refractivity contribution >= 4 is 5.78 Å². The van der Waals surface area contributed by atoms with Crippen LogP contribution in [0.4, 0.5) is 0 Å². The second-order valence-electron chi connectivity index (χ2n) is 7.86. The lowest BCUT2D eigenvalue weighted by molar-refractivity contribution is 0.0994. The lowest BCUT2D eigenvalue weighted by Gasteiger charge is -2.15. The number of aryl methyl sites for hydroxylation is 1. The Hall–Kier alpha value is -2.29. The monoisotopic (exact) mass is 394 g/mol. The molecule has 156 valence electrons. The molecule has 0 unspecified atom stereocenters. The minimum absolute atomic E-state index is 0.282. The van der Waals surface area contributed by atoms with Crippen LogP contribution in [0.15, 0.2) is 36.4 Å². The van der Waals surface area contributed by atoms with Crippen molar-refractivity contribution in [2.75, 3.05) is 13.2 Å². The lowest BCUT2D eigenvalue weighted by Crippen LogP contribution is -2.05. The van der Waals surface area contributed by atoms with Crippen LogP contribution in [0.1, 0.15) is 79.4 Å². The largest absolute Gasteiger partial charge is 0.493 e. The Kier molecular flexibility index (Phi) is 8.15. The Bertz CT molecular complexity index is 810. The van der Waals surface area contributed by atoms with Crippen LogP contribution in [0, 0.1) is 0 Å².